The molecule has 0 saturated heterocycles. The molecule has 0 spiro atoms. The number of nitrogens with one attached hydrogen (secondary N) is 1. The minimum Gasteiger partial charge on any atom is -0.342 e. The van der Waals surface area contributed by atoms with E-state index in [1.807, 2.05) is 4.90 Å². The van der Waals surface area contributed by atoms with Gasteiger partial charge in [0.05, 0.1) is 19.6 Å². The monoisotopic (exact) mass is 202 g/mol. The molecule has 0 rings (SSSR count). The molecule has 0 heterocycles. The highest BCUT2D eigenvalue weighted by Gasteiger charge is 2.06. The lowest BCUT2D eigenvalue weighted by atomic mass is 10.2. The molecule has 0 bridgehead atoms. The Morgan fingerprint density at radius 2 is 1.43 bits per heavy atom. The number of likely N-dealkylation sites (N-methyl/N-ethyl adjacent to an activating group) is 1. The van der Waals surface area contributed by atoms with Crippen molar-refractivity contribution in [3.05, 3.63) is 0 Å². The summed E-state index contributed by atoms with van der Waals surface area (Å²) in [4.78, 5) is 1.82. The van der Waals surface area contributed by atoms with E-state index >= 15 is 0 Å². The van der Waals surface area contributed by atoms with E-state index in [-0.39, 0.29) is 0 Å². The molecular formula is C12H30N2+2. The summed E-state index contributed by atoms with van der Waals surface area (Å²) >= 11 is 0. The van der Waals surface area contributed by atoms with Crippen LogP contribution >= 0.6 is 0 Å². The lowest BCUT2D eigenvalue weighted by molar-refractivity contribution is -0.912. The zero-order chi connectivity index (χ0) is 10.6. The van der Waals surface area contributed by atoms with Crippen molar-refractivity contribution < 1.29 is 10.2 Å². The van der Waals surface area contributed by atoms with E-state index in [0.717, 1.165) is 0 Å². The molecule has 2 nitrogen and oxygen atoms in total. The average Bonchev–Trinajstić information content (AvgIpc) is 2.21. The van der Waals surface area contributed by atoms with Gasteiger partial charge in [0, 0.05) is 0 Å². The van der Waals surface area contributed by atoms with Gasteiger partial charge in [-0.1, -0.05) is 26.7 Å². The molecular weight excluding hydrogens is 172 g/mol. The molecule has 0 aliphatic rings. The standard InChI is InChI=1S/C12H28N2/c1-4-7-10-14(11-8-5-2)12-9-13-6-3/h13H,4-12H2,1-3H3/p+2. The fourth-order valence-electron chi connectivity index (χ4n) is 1.74. The molecule has 0 aliphatic heterocycles. The molecule has 0 fully saturated rings. The van der Waals surface area contributed by atoms with E-state index < -0.39 is 0 Å². The molecule has 86 valence electrons. The Morgan fingerprint density at radius 1 is 0.857 bits per heavy atom. The summed E-state index contributed by atoms with van der Waals surface area (Å²) in [6, 6.07) is 0. The number of rotatable bonds is 10. The highest BCUT2D eigenvalue weighted by atomic mass is 15.1. The highest BCUT2D eigenvalue weighted by Crippen LogP contribution is 1.82. The molecule has 0 aromatic carbocycles. The van der Waals surface area contributed by atoms with Gasteiger partial charge in [-0.05, 0) is 19.8 Å². The van der Waals surface area contributed by atoms with Crippen LogP contribution < -0.4 is 10.2 Å². The summed E-state index contributed by atoms with van der Waals surface area (Å²) in [7, 11) is 0. The third kappa shape index (κ3) is 8.52. The van der Waals surface area contributed by atoms with Gasteiger partial charge in [-0.25, -0.2) is 0 Å². The van der Waals surface area contributed by atoms with Gasteiger partial charge in [0.25, 0.3) is 0 Å². The van der Waals surface area contributed by atoms with Gasteiger partial charge in [-0.3, -0.25) is 0 Å². The summed E-state index contributed by atoms with van der Waals surface area (Å²) in [6.07, 6.45) is 5.47. The third-order valence-corrected chi connectivity index (χ3v) is 2.76. The van der Waals surface area contributed by atoms with Gasteiger partial charge in [-0.2, -0.15) is 0 Å². The number of unbranched alkanes of at least 4 members (excludes halogenated alkanes) is 2. The first-order valence-electron chi connectivity index (χ1n) is 6.50. The lowest BCUT2D eigenvalue weighted by Gasteiger charge is -2.18. The van der Waals surface area contributed by atoms with Crippen molar-refractivity contribution in [3.8, 4) is 0 Å². The van der Waals surface area contributed by atoms with Crippen molar-refractivity contribution in [1.82, 2.24) is 0 Å². The Bertz CT molecular complexity index is 96.5. The van der Waals surface area contributed by atoms with Crippen molar-refractivity contribution in [2.24, 2.45) is 0 Å². The molecule has 0 amide bonds. The molecule has 0 radical (unpaired) electrons. The number of quaternary nitrogens is 2. The molecule has 0 saturated carbocycles. The summed E-state index contributed by atoms with van der Waals surface area (Å²) in [5.74, 6) is 0. The average molecular weight is 202 g/mol. The van der Waals surface area contributed by atoms with E-state index in [4.69, 9.17) is 0 Å². The van der Waals surface area contributed by atoms with Crippen molar-refractivity contribution in [2.75, 3.05) is 32.7 Å². The second kappa shape index (κ2) is 11.0. The maximum Gasteiger partial charge on any atom is 0.127 e. The molecule has 0 unspecified atom stereocenters. The predicted octanol–water partition coefficient (Wildman–Crippen LogP) is 0.0548. The highest BCUT2D eigenvalue weighted by molar-refractivity contribution is 4.35. The van der Waals surface area contributed by atoms with Crippen LogP contribution in [0.3, 0.4) is 0 Å². The molecule has 0 aliphatic carbocycles. The number of hydrogen-bond acceptors (Lipinski definition) is 0. The second-order valence-electron chi connectivity index (χ2n) is 4.19. The van der Waals surface area contributed by atoms with Crippen LogP contribution in [0.1, 0.15) is 46.5 Å². The van der Waals surface area contributed by atoms with Crippen LogP contribution in [0.5, 0.6) is 0 Å². The van der Waals surface area contributed by atoms with Crippen LogP contribution in [-0.2, 0) is 0 Å². The fourth-order valence-corrected chi connectivity index (χ4v) is 1.74. The third-order valence-electron chi connectivity index (χ3n) is 2.76. The van der Waals surface area contributed by atoms with Gasteiger partial charge < -0.3 is 10.2 Å². The first kappa shape index (κ1) is 13.9. The molecule has 0 aromatic rings. The zero-order valence-corrected chi connectivity index (χ0v) is 10.4. The van der Waals surface area contributed by atoms with Crippen molar-refractivity contribution in [2.45, 2.75) is 46.5 Å². The van der Waals surface area contributed by atoms with E-state index in [1.165, 1.54) is 58.4 Å². The molecule has 0 atom stereocenters. The SMILES string of the molecule is CCCC[NH+](CCCC)CC[NH2+]CC. The first-order chi connectivity index (χ1) is 6.85. The first-order valence-corrected chi connectivity index (χ1v) is 6.50. The molecule has 14 heavy (non-hydrogen) atoms. The van der Waals surface area contributed by atoms with E-state index in [0.29, 0.717) is 0 Å². The van der Waals surface area contributed by atoms with Gasteiger partial charge in [0.15, 0.2) is 0 Å². The van der Waals surface area contributed by atoms with Crippen LogP contribution in [0.15, 0.2) is 0 Å². The Kier molecular flexibility index (Phi) is 10.9. The minimum absolute atomic E-state index is 1.23. The molecule has 3 N–H and O–H groups in total. The number of nitrogens with two attached hydrogens (primary N) is 1. The predicted molar refractivity (Wildman–Crippen MR) is 62.7 cm³/mol. The Labute approximate surface area is 90.1 Å². The fraction of sp³-hybridized carbons (Fsp3) is 1.00. The van der Waals surface area contributed by atoms with Crippen LogP contribution in [0.25, 0.3) is 0 Å². The van der Waals surface area contributed by atoms with Crippen molar-refractivity contribution >= 4 is 0 Å². The van der Waals surface area contributed by atoms with E-state index in [9.17, 15) is 0 Å². The quantitative estimate of drug-likeness (QED) is 0.467. The summed E-state index contributed by atoms with van der Waals surface area (Å²) in [6.45, 7) is 13.5. The Hall–Kier alpha value is -0.0800. The summed E-state index contributed by atoms with van der Waals surface area (Å²) in [5.41, 5.74) is 0. The molecule has 2 heteroatoms. The van der Waals surface area contributed by atoms with Crippen molar-refractivity contribution in [1.29, 1.82) is 0 Å². The summed E-state index contributed by atoms with van der Waals surface area (Å²) < 4.78 is 0. The zero-order valence-electron chi connectivity index (χ0n) is 10.4. The largest absolute Gasteiger partial charge is 0.342 e. The topological polar surface area (TPSA) is 21.1 Å². The van der Waals surface area contributed by atoms with Crippen LogP contribution in [0.4, 0.5) is 0 Å². The summed E-state index contributed by atoms with van der Waals surface area (Å²) in [5, 5.41) is 2.41. The maximum atomic E-state index is 2.41. The van der Waals surface area contributed by atoms with Crippen molar-refractivity contribution in [3.63, 3.8) is 0 Å². The van der Waals surface area contributed by atoms with Gasteiger partial charge in [0.1, 0.15) is 13.1 Å². The second-order valence-corrected chi connectivity index (χ2v) is 4.19. The maximum absolute atomic E-state index is 2.41. The normalized spacial score (nSPS) is 11.1. The van der Waals surface area contributed by atoms with Gasteiger partial charge >= 0.3 is 0 Å². The molecule has 0 aromatic heterocycles. The van der Waals surface area contributed by atoms with Crippen LogP contribution in [-0.4, -0.2) is 32.7 Å². The lowest BCUT2D eigenvalue weighted by Crippen LogP contribution is -3.14. The van der Waals surface area contributed by atoms with Gasteiger partial charge in [-0.15, -0.1) is 0 Å². The Morgan fingerprint density at radius 3 is 1.86 bits per heavy atom. The smallest absolute Gasteiger partial charge is 0.127 e. The van der Waals surface area contributed by atoms with Crippen LogP contribution in [0, 0.1) is 0 Å². The number of hydrogen-bond donors (Lipinski definition) is 2. The van der Waals surface area contributed by atoms with E-state index in [1.54, 1.807) is 0 Å². The van der Waals surface area contributed by atoms with E-state index in [2.05, 4.69) is 26.1 Å². The van der Waals surface area contributed by atoms with Crippen LogP contribution in [0.2, 0.25) is 0 Å². The Balaban J connectivity index is 3.49. The van der Waals surface area contributed by atoms with Gasteiger partial charge in [0.2, 0.25) is 0 Å². The minimum atomic E-state index is 1.23.